The number of hydrogen-bond acceptors (Lipinski definition) is 2. The van der Waals surface area contributed by atoms with Gasteiger partial charge < -0.3 is 10.1 Å². The van der Waals surface area contributed by atoms with Gasteiger partial charge in [-0.2, -0.15) is 13.2 Å². The van der Waals surface area contributed by atoms with Gasteiger partial charge in [0.05, 0.1) is 5.60 Å². The lowest BCUT2D eigenvalue weighted by Gasteiger charge is -2.39. The van der Waals surface area contributed by atoms with Crippen molar-refractivity contribution in [1.29, 1.82) is 0 Å². The number of halogens is 3. The van der Waals surface area contributed by atoms with Gasteiger partial charge in [0.1, 0.15) is 0 Å². The molecule has 1 fully saturated rings. The van der Waals surface area contributed by atoms with Gasteiger partial charge in [-0.15, -0.1) is 0 Å². The van der Waals surface area contributed by atoms with Gasteiger partial charge in [-0.3, -0.25) is 0 Å². The van der Waals surface area contributed by atoms with Gasteiger partial charge in [-0.1, -0.05) is 13.8 Å². The average molecular weight is 281 g/mol. The Morgan fingerprint density at radius 2 is 1.89 bits per heavy atom. The van der Waals surface area contributed by atoms with E-state index in [1.54, 1.807) is 0 Å². The fourth-order valence-corrected chi connectivity index (χ4v) is 2.57. The first-order valence-corrected chi connectivity index (χ1v) is 7.28. The number of likely N-dealkylation sites (N-methyl/N-ethyl adjacent to an activating group) is 1. The van der Waals surface area contributed by atoms with E-state index < -0.39 is 12.6 Å². The van der Waals surface area contributed by atoms with E-state index in [1.165, 1.54) is 0 Å². The van der Waals surface area contributed by atoms with Crippen LogP contribution >= 0.6 is 0 Å². The van der Waals surface area contributed by atoms with Crippen LogP contribution in [0.3, 0.4) is 0 Å². The van der Waals surface area contributed by atoms with Gasteiger partial charge in [0.15, 0.2) is 0 Å². The van der Waals surface area contributed by atoms with Crippen molar-refractivity contribution in [3.8, 4) is 0 Å². The third-order valence-electron chi connectivity index (χ3n) is 3.90. The van der Waals surface area contributed by atoms with Crippen molar-refractivity contribution >= 4 is 0 Å². The summed E-state index contributed by atoms with van der Waals surface area (Å²) in [4.78, 5) is 0. The minimum atomic E-state index is -4.07. The van der Waals surface area contributed by atoms with Crippen LogP contribution in [0.25, 0.3) is 0 Å². The Labute approximate surface area is 114 Å². The average Bonchev–Trinajstić information content (AvgIpc) is 2.34. The van der Waals surface area contributed by atoms with Crippen molar-refractivity contribution in [3.05, 3.63) is 0 Å². The molecule has 114 valence electrons. The number of nitrogens with one attached hydrogen (secondary N) is 1. The van der Waals surface area contributed by atoms with Crippen molar-refractivity contribution in [2.24, 2.45) is 5.92 Å². The minimum absolute atomic E-state index is 0.0624. The van der Waals surface area contributed by atoms with Crippen LogP contribution in [0.2, 0.25) is 0 Å². The summed E-state index contributed by atoms with van der Waals surface area (Å²) in [5.74, 6) is 0.702. The maximum absolute atomic E-state index is 12.1. The van der Waals surface area contributed by atoms with E-state index in [4.69, 9.17) is 4.74 Å². The number of hydrogen-bond donors (Lipinski definition) is 1. The smallest absolute Gasteiger partial charge is 0.374 e. The third kappa shape index (κ3) is 6.61. The molecular weight excluding hydrogens is 255 g/mol. The molecule has 19 heavy (non-hydrogen) atoms. The molecule has 1 N–H and O–H groups in total. The molecule has 0 radical (unpaired) electrons. The van der Waals surface area contributed by atoms with Crippen molar-refractivity contribution in [1.82, 2.24) is 5.32 Å². The lowest BCUT2D eigenvalue weighted by atomic mass is 9.79. The Morgan fingerprint density at radius 1 is 1.26 bits per heavy atom. The molecule has 1 aliphatic rings. The number of alkyl halides is 3. The second kappa shape index (κ2) is 7.48. The van der Waals surface area contributed by atoms with E-state index in [-0.39, 0.29) is 18.6 Å². The summed E-state index contributed by atoms with van der Waals surface area (Å²) < 4.78 is 42.2. The first-order chi connectivity index (χ1) is 8.87. The van der Waals surface area contributed by atoms with Crippen LogP contribution in [-0.4, -0.2) is 31.5 Å². The maximum atomic E-state index is 12.1. The highest BCUT2D eigenvalue weighted by molar-refractivity contribution is 4.88. The van der Waals surface area contributed by atoms with E-state index in [1.807, 2.05) is 6.92 Å². The van der Waals surface area contributed by atoms with Crippen molar-refractivity contribution in [2.75, 3.05) is 19.7 Å². The minimum Gasteiger partial charge on any atom is -0.374 e. The zero-order valence-electron chi connectivity index (χ0n) is 12.0. The molecule has 2 nitrogen and oxygen atoms in total. The summed E-state index contributed by atoms with van der Waals surface area (Å²) in [6, 6.07) is 0. The zero-order chi connectivity index (χ0) is 14.4. The van der Waals surface area contributed by atoms with Gasteiger partial charge in [-0.05, 0) is 44.6 Å². The van der Waals surface area contributed by atoms with Gasteiger partial charge in [0, 0.05) is 19.6 Å². The van der Waals surface area contributed by atoms with Crippen LogP contribution in [0.15, 0.2) is 0 Å². The highest BCUT2D eigenvalue weighted by Gasteiger charge is 2.35. The van der Waals surface area contributed by atoms with Crippen LogP contribution in [0.5, 0.6) is 0 Å². The predicted octanol–water partition coefficient (Wildman–Crippen LogP) is 3.90. The number of ether oxygens (including phenoxy) is 1. The Bertz CT molecular complexity index is 242. The molecule has 0 aromatic rings. The lowest BCUT2D eigenvalue weighted by molar-refractivity contribution is -0.144. The monoisotopic (exact) mass is 281 g/mol. The fourth-order valence-electron chi connectivity index (χ4n) is 2.57. The molecule has 1 aliphatic carbocycles. The summed E-state index contributed by atoms with van der Waals surface area (Å²) in [6.45, 7) is 6.08. The second-order valence-electron chi connectivity index (χ2n) is 5.71. The lowest BCUT2D eigenvalue weighted by Crippen LogP contribution is -2.46. The molecule has 0 heterocycles. The standard InChI is InChI=1S/C14H26F3NO/c1-3-18-11-13(8-5-12(2)6-9-13)19-10-4-7-14(15,16)17/h12,18H,3-11H2,1-2H3. The topological polar surface area (TPSA) is 21.3 Å². The van der Waals surface area contributed by atoms with E-state index >= 15 is 0 Å². The molecule has 0 aliphatic heterocycles. The van der Waals surface area contributed by atoms with E-state index in [9.17, 15) is 13.2 Å². The quantitative estimate of drug-likeness (QED) is 0.714. The SMILES string of the molecule is CCNCC1(OCCCC(F)(F)F)CCC(C)CC1. The molecular formula is C14H26F3NO. The molecule has 0 aromatic heterocycles. The normalized spacial score (nSPS) is 28.6. The molecule has 0 amide bonds. The Morgan fingerprint density at radius 3 is 2.42 bits per heavy atom. The zero-order valence-corrected chi connectivity index (χ0v) is 12.0. The van der Waals surface area contributed by atoms with Crippen LogP contribution in [0.1, 0.15) is 52.4 Å². The van der Waals surface area contributed by atoms with Gasteiger partial charge >= 0.3 is 6.18 Å². The Kier molecular flexibility index (Phi) is 6.60. The van der Waals surface area contributed by atoms with E-state index in [0.29, 0.717) is 5.92 Å². The van der Waals surface area contributed by atoms with Gasteiger partial charge in [0.2, 0.25) is 0 Å². The molecule has 5 heteroatoms. The van der Waals surface area contributed by atoms with Crippen LogP contribution in [0.4, 0.5) is 13.2 Å². The summed E-state index contributed by atoms with van der Waals surface area (Å²) >= 11 is 0. The predicted molar refractivity (Wildman–Crippen MR) is 70.1 cm³/mol. The molecule has 0 bridgehead atoms. The summed E-state index contributed by atoms with van der Waals surface area (Å²) in [5.41, 5.74) is -0.242. The van der Waals surface area contributed by atoms with Crippen LogP contribution in [0, 0.1) is 5.92 Å². The van der Waals surface area contributed by atoms with Crippen molar-refractivity contribution < 1.29 is 17.9 Å². The first kappa shape index (κ1) is 16.8. The van der Waals surface area contributed by atoms with E-state index in [0.717, 1.165) is 38.8 Å². The van der Waals surface area contributed by atoms with E-state index in [2.05, 4.69) is 12.2 Å². The molecule has 0 saturated heterocycles. The highest BCUT2D eigenvalue weighted by Crippen LogP contribution is 2.34. The summed E-state index contributed by atoms with van der Waals surface area (Å²) in [5, 5.41) is 3.28. The summed E-state index contributed by atoms with van der Waals surface area (Å²) in [7, 11) is 0. The highest BCUT2D eigenvalue weighted by atomic mass is 19.4. The van der Waals surface area contributed by atoms with Gasteiger partial charge in [-0.25, -0.2) is 0 Å². The molecule has 0 unspecified atom stereocenters. The van der Waals surface area contributed by atoms with Crippen molar-refractivity contribution in [2.45, 2.75) is 64.1 Å². The maximum Gasteiger partial charge on any atom is 0.389 e. The Balaban J connectivity index is 2.37. The third-order valence-corrected chi connectivity index (χ3v) is 3.90. The largest absolute Gasteiger partial charge is 0.389 e. The van der Waals surface area contributed by atoms with Gasteiger partial charge in [0.25, 0.3) is 0 Å². The number of rotatable bonds is 7. The second-order valence-corrected chi connectivity index (χ2v) is 5.71. The fraction of sp³-hybridized carbons (Fsp3) is 1.00. The van der Waals surface area contributed by atoms with Crippen LogP contribution in [-0.2, 0) is 4.74 Å². The molecule has 1 saturated carbocycles. The van der Waals surface area contributed by atoms with Crippen molar-refractivity contribution in [3.63, 3.8) is 0 Å². The molecule has 1 rings (SSSR count). The molecule has 0 aromatic carbocycles. The van der Waals surface area contributed by atoms with Crippen LogP contribution < -0.4 is 5.32 Å². The first-order valence-electron chi connectivity index (χ1n) is 7.28. The Hall–Kier alpha value is -0.290. The molecule has 0 atom stereocenters. The summed E-state index contributed by atoms with van der Waals surface area (Å²) in [6.07, 6.45) is -0.650. The molecule has 0 spiro atoms.